The zero-order valence-electron chi connectivity index (χ0n) is 24.8. The standard InChI is InChI=1S/C34H38O11/c1-2-3-4-6-23(18-33(42)45-32(34(43)44)14-20-8-11-26(36)27(37)13-20)25-19-31(41)30(40)17-24(25)10-9-22-16-29(39)28(38)15-21(22)7-5-12-35/h8-11,13,15-19,32,35-41H,2-7,12,14H2,1H3,(H,43,44)/b10-9+,23-18+/t32-/m1/s1. The number of carboxylic acid groups (broad SMARTS) is 1. The Kier molecular flexibility index (Phi) is 12.3. The summed E-state index contributed by atoms with van der Waals surface area (Å²) in [6.07, 6.45) is 5.96. The highest BCUT2D eigenvalue weighted by Crippen LogP contribution is 2.36. The molecule has 3 aromatic carbocycles. The van der Waals surface area contributed by atoms with E-state index in [1.165, 1.54) is 42.5 Å². The topological polar surface area (TPSA) is 205 Å². The van der Waals surface area contributed by atoms with Gasteiger partial charge in [-0.25, -0.2) is 9.59 Å². The minimum absolute atomic E-state index is 0.0804. The smallest absolute Gasteiger partial charge is 0.345 e. The Bertz CT molecular complexity index is 1570. The number of ether oxygens (including phenoxy) is 1. The van der Waals surface area contributed by atoms with Crippen LogP contribution in [0.15, 0.2) is 48.5 Å². The molecule has 0 amide bonds. The molecule has 3 aromatic rings. The number of hydrogen-bond donors (Lipinski definition) is 8. The van der Waals surface area contributed by atoms with Gasteiger partial charge < -0.3 is 45.6 Å². The number of allylic oxidation sites excluding steroid dienone is 1. The Balaban J connectivity index is 2.01. The van der Waals surface area contributed by atoms with Crippen LogP contribution in [0.3, 0.4) is 0 Å². The maximum absolute atomic E-state index is 13.1. The number of unbranched alkanes of at least 4 members (excludes halogenated alkanes) is 2. The van der Waals surface area contributed by atoms with Gasteiger partial charge >= 0.3 is 11.9 Å². The molecule has 11 heteroatoms. The van der Waals surface area contributed by atoms with Crippen LogP contribution < -0.4 is 0 Å². The van der Waals surface area contributed by atoms with Gasteiger partial charge in [-0.1, -0.05) is 38.0 Å². The Labute approximate surface area is 260 Å². The molecule has 0 aliphatic rings. The minimum Gasteiger partial charge on any atom is -0.504 e. The zero-order valence-corrected chi connectivity index (χ0v) is 24.8. The molecule has 240 valence electrons. The number of phenolic OH excluding ortho intramolecular Hbond substituents is 6. The summed E-state index contributed by atoms with van der Waals surface area (Å²) < 4.78 is 5.28. The van der Waals surface area contributed by atoms with Gasteiger partial charge in [0.25, 0.3) is 0 Å². The number of aromatic hydroxyl groups is 6. The lowest BCUT2D eigenvalue weighted by molar-refractivity contribution is -0.160. The van der Waals surface area contributed by atoms with Crippen molar-refractivity contribution < 1.29 is 55.2 Å². The van der Waals surface area contributed by atoms with Crippen LogP contribution in [0.4, 0.5) is 0 Å². The van der Waals surface area contributed by atoms with Gasteiger partial charge in [-0.15, -0.1) is 0 Å². The molecule has 0 saturated heterocycles. The third-order valence-corrected chi connectivity index (χ3v) is 7.11. The summed E-state index contributed by atoms with van der Waals surface area (Å²) in [4.78, 5) is 25.0. The van der Waals surface area contributed by atoms with Crippen molar-refractivity contribution in [1.82, 2.24) is 0 Å². The van der Waals surface area contributed by atoms with Crippen molar-refractivity contribution in [3.8, 4) is 34.5 Å². The van der Waals surface area contributed by atoms with Crippen LogP contribution in [0.25, 0.3) is 17.7 Å². The molecule has 0 radical (unpaired) electrons. The Morgan fingerprint density at radius 1 is 0.778 bits per heavy atom. The van der Waals surface area contributed by atoms with Gasteiger partial charge in [0.1, 0.15) is 0 Å². The van der Waals surface area contributed by atoms with Crippen LogP contribution in [0.2, 0.25) is 0 Å². The van der Waals surface area contributed by atoms with Crippen LogP contribution in [0, 0.1) is 0 Å². The largest absolute Gasteiger partial charge is 0.504 e. The normalized spacial score (nSPS) is 12.4. The van der Waals surface area contributed by atoms with E-state index in [2.05, 4.69) is 0 Å². The summed E-state index contributed by atoms with van der Waals surface area (Å²) in [6, 6.07) is 9.09. The maximum atomic E-state index is 13.1. The lowest BCUT2D eigenvalue weighted by atomic mass is 9.93. The van der Waals surface area contributed by atoms with Crippen molar-refractivity contribution >= 4 is 29.7 Å². The Morgan fingerprint density at radius 2 is 1.40 bits per heavy atom. The summed E-state index contributed by atoms with van der Waals surface area (Å²) in [7, 11) is 0. The second-order valence-corrected chi connectivity index (χ2v) is 10.5. The van der Waals surface area contributed by atoms with Gasteiger partial charge in [-0.2, -0.15) is 0 Å². The van der Waals surface area contributed by atoms with E-state index in [0.717, 1.165) is 18.9 Å². The third kappa shape index (κ3) is 9.67. The average Bonchev–Trinajstić information content (AvgIpc) is 2.99. The number of benzene rings is 3. The van der Waals surface area contributed by atoms with E-state index in [1.54, 1.807) is 12.2 Å². The van der Waals surface area contributed by atoms with E-state index in [0.29, 0.717) is 59.1 Å². The van der Waals surface area contributed by atoms with Crippen LogP contribution in [0.1, 0.15) is 66.8 Å². The first-order valence-corrected chi connectivity index (χ1v) is 14.5. The Hall–Kier alpha value is -5.16. The van der Waals surface area contributed by atoms with Crippen LogP contribution in [-0.4, -0.2) is 65.5 Å². The van der Waals surface area contributed by atoms with Gasteiger partial charge in [0.2, 0.25) is 6.10 Å². The number of esters is 1. The highest BCUT2D eigenvalue weighted by atomic mass is 16.6. The summed E-state index contributed by atoms with van der Waals surface area (Å²) in [6.45, 7) is 1.92. The van der Waals surface area contributed by atoms with Crippen molar-refractivity contribution in [2.75, 3.05) is 6.61 Å². The molecule has 11 nitrogen and oxygen atoms in total. The molecule has 8 N–H and O–H groups in total. The number of rotatable bonds is 15. The van der Waals surface area contributed by atoms with E-state index < -0.39 is 35.3 Å². The lowest BCUT2D eigenvalue weighted by Crippen LogP contribution is -2.28. The fourth-order valence-electron chi connectivity index (χ4n) is 4.72. The fraction of sp³-hybridized carbons (Fsp3) is 0.294. The highest BCUT2D eigenvalue weighted by molar-refractivity contribution is 5.95. The Morgan fingerprint density at radius 3 is 2.04 bits per heavy atom. The molecule has 3 rings (SSSR count). The van der Waals surface area contributed by atoms with Crippen molar-refractivity contribution in [1.29, 1.82) is 0 Å². The van der Waals surface area contributed by atoms with E-state index >= 15 is 0 Å². The van der Waals surface area contributed by atoms with Crippen molar-refractivity contribution in [2.24, 2.45) is 0 Å². The number of hydrogen-bond acceptors (Lipinski definition) is 10. The number of aliphatic hydroxyl groups is 1. The van der Waals surface area contributed by atoms with E-state index in [-0.39, 0.29) is 30.3 Å². The first kappa shape index (κ1) is 34.3. The van der Waals surface area contributed by atoms with E-state index in [4.69, 9.17) is 4.74 Å². The predicted octanol–water partition coefficient (Wildman–Crippen LogP) is 5.22. The van der Waals surface area contributed by atoms with Gasteiger partial charge in [0.15, 0.2) is 34.5 Å². The SMILES string of the molecule is CCCCC/C(=C\C(=O)O[C@H](Cc1ccc(O)c(O)c1)C(=O)O)c1cc(O)c(O)cc1/C=C/c1cc(O)c(O)cc1CCCO. The van der Waals surface area contributed by atoms with Gasteiger partial charge in [-0.05, 0) is 95.5 Å². The van der Waals surface area contributed by atoms with Gasteiger partial charge in [-0.3, -0.25) is 0 Å². The van der Waals surface area contributed by atoms with Gasteiger partial charge in [0, 0.05) is 19.1 Å². The van der Waals surface area contributed by atoms with Crippen molar-refractivity contribution in [3.63, 3.8) is 0 Å². The maximum Gasteiger partial charge on any atom is 0.345 e. The molecule has 0 bridgehead atoms. The molecule has 0 aliphatic carbocycles. The first-order valence-electron chi connectivity index (χ1n) is 14.5. The monoisotopic (exact) mass is 622 g/mol. The molecular formula is C34H38O11. The number of aliphatic hydroxyl groups excluding tert-OH is 1. The third-order valence-electron chi connectivity index (χ3n) is 7.11. The van der Waals surface area contributed by atoms with E-state index in [1.807, 2.05) is 6.92 Å². The second kappa shape index (κ2) is 16.1. The molecule has 0 saturated carbocycles. The first-order chi connectivity index (χ1) is 21.4. The number of carbonyl (C=O) groups is 2. The predicted molar refractivity (Wildman–Crippen MR) is 167 cm³/mol. The quantitative estimate of drug-likeness (QED) is 0.0363. The molecule has 0 heterocycles. The van der Waals surface area contributed by atoms with Gasteiger partial charge in [0.05, 0.1) is 0 Å². The molecule has 0 unspecified atom stereocenters. The van der Waals surface area contributed by atoms with Crippen LogP contribution >= 0.6 is 0 Å². The number of aliphatic carboxylic acids is 1. The number of aryl methyl sites for hydroxylation is 1. The summed E-state index contributed by atoms with van der Waals surface area (Å²) in [5, 5.41) is 79.0. The molecule has 0 aromatic heterocycles. The summed E-state index contributed by atoms with van der Waals surface area (Å²) >= 11 is 0. The lowest BCUT2D eigenvalue weighted by Gasteiger charge is -2.16. The summed E-state index contributed by atoms with van der Waals surface area (Å²) in [5.74, 6) is -4.75. The highest BCUT2D eigenvalue weighted by Gasteiger charge is 2.23. The zero-order chi connectivity index (χ0) is 33.1. The second-order valence-electron chi connectivity index (χ2n) is 10.5. The van der Waals surface area contributed by atoms with Crippen LogP contribution in [0.5, 0.6) is 34.5 Å². The molecule has 0 aliphatic heterocycles. The minimum atomic E-state index is -1.61. The molecule has 0 spiro atoms. The van der Waals surface area contributed by atoms with Crippen molar-refractivity contribution in [3.05, 3.63) is 76.4 Å². The number of phenols is 6. The van der Waals surface area contributed by atoms with E-state index in [9.17, 15) is 50.4 Å². The average molecular weight is 623 g/mol. The molecule has 1 atom stereocenters. The van der Waals surface area contributed by atoms with Crippen molar-refractivity contribution in [2.45, 2.75) is 58.0 Å². The molecular weight excluding hydrogens is 584 g/mol. The number of carbonyl (C=O) groups excluding carboxylic acids is 1. The van der Waals surface area contributed by atoms with Crippen LogP contribution in [-0.2, 0) is 27.2 Å². The number of carboxylic acids is 1. The fourth-order valence-corrected chi connectivity index (χ4v) is 4.72. The molecule has 45 heavy (non-hydrogen) atoms. The molecule has 0 fully saturated rings. The summed E-state index contributed by atoms with van der Waals surface area (Å²) in [5.41, 5.74) is 2.64.